The van der Waals surface area contributed by atoms with Crippen molar-refractivity contribution >= 4 is 22.7 Å². The predicted octanol–water partition coefficient (Wildman–Crippen LogP) is 1.09. The van der Waals surface area contributed by atoms with Gasteiger partial charge in [0.05, 0.1) is 13.0 Å². The molecule has 19 heavy (non-hydrogen) atoms. The molecule has 0 radical (unpaired) electrons. The number of carbonyl (C=O) groups is 2. The number of carbonyl (C=O) groups excluding carboxylic acids is 2. The Kier molecular flexibility index (Phi) is 7.05. The SMILES string of the molecule is CCOC(=O)CC(C)S(=O)CC(=O)N1CCCCC1. The standard InChI is InChI=1S/C13H23NO4S/c1-3-18-13(16)9-11(2)19(17)10-12(15)14-7-5-4-6-8-14/h11H,3-10H2,1-2H3. The van der Waals surface area contributed by atoms with E-state index in [9.17, 15) is 13.8 Å². The fourth-order valence-corrected chi connectivity index (χ4v) is 3.08. The maximum absolute atomic E-state index is 12.0. The van der Waals surface area contributed by atoms with Crippen LogP contribution in [0.5, 0.6) is 0 Å². The van der Waals surface area contributed by atoms with Crippen molar-refractivity contribution in [2.24, 2.45) is 0 Å². The number of hydrogen-bond acceptors (Lipinski definition) is 4. The second kappa shape index (κ2) is 8.30. The number of rotatable bonds is 6. The van der Waals surface area contributed by atoms with Crippen LogP contribution in [0.25, 0.3) is 0 Å². The first-order chi connectivity index (χ1) is 9.04. The largest absolute Gasteiger partial charge is 0.466 e. The highest BCUT2D eigenvalue weighted by Gasteiger charge is 2.23. The zero-order chi connectivity index (χ0) is 14.3. The monoisotopic (exact) mass is 289 g/mol. The first kappa shape index (κ1) is 16.1. The summed E-state index contributed by atoms with van der Waals surface area (Å²) in [4.78, 5) is 25.0. The van der Waals surface area contributed by atoms with Gasteiger partial charge in [-0.1, -0.05) is 6.92 Å². The lowest BCUT2D eigenvalue weighted by atomic mass is 10.1. The Hall–Kier alpha value is -0.910. The molecule has 1 fully saturated rings. The third kappa shape index (κ3) is 5.72. The maximum atomic E-state index is 12.0. The third-order valence-corrected chi connectivity index (χ3v) is 4.78. The number of esters is 1. The van der Waals surface area contributed by atoms with E-state index in [1.165, 1.54) is 0 Å². The second-order valence-electron chi connectivity index (χ2n) is 4.79. The normalized spacial score (nSPS) is 18.7. The molecule has 0 aromatic rings. The Bertz CT molecular complexity index is 340. The second-order valence-corrected chi connectivity index (χ2v) is 6.64. The molecule has 0 N–H and O–H groups in total. The summed E-state index contributed by atoms with van der Waals surface area (Å²) in [7, 11) is -1.31. The highest BCUT2D eigenvalue weighted by molar-refractivity contribution is 7.86. The molecule has 0 aromatic heterocycles. The van der Waals surface area contributed by atoms with Gasteiger partial charge in [-0.05, 0) is 26.2 Å². The molecule has 1 aliphatic rings. The Morgan fingerprint density at radius 3 is 2.47 bits per heavy atom. The molecule has 1 heterocycles. The zero-order valence-electron chi connectivity index (χ0n) is 11.7. The highest BCUT2D eigenvalue weighted by atomic mass is 32.2. The fourth-order valence-electron chi connectivity index (χ4n) is 2.05. The van der Waals surface area contributed by atoms with Crippen LogP contribution in [0.3, 0.4) is 0 Å². The van der Waals surface area contributed by atoms with Crippen molar-refractivity contribution in [3.8, 4) is 0 Å². The molecule has 2 atom stereocenters. The summed E-state index contributed by atoms with van der Waals surface area (Å²) in [6.07, 6.45) is 3.31. The summed E-state index contributed by atoms with van der Waals surface area (Å²) in [5.74, 6) is -0.400. The van der Waals surface area contributed by atoms with Crippen molar-refractivity contribution in [3.63, 3.8) is 0 Å². The van der Waals surface area contributed by atoms with Crippen LogP contribution in [0.15, 0.2) is 0 Å². The summed E-state index contributed by atoms with van der Waals surface area (Å²) in [6, 6.07) is 0. The quantitative estimate of drug-likeness (QED) is 0.687. The molecule has 5 nitrogen and oxygen atoms in total. The van der Waals surface area contributed by atoms with E-state index in [2.05, 4.69) is 0 Å². The van der Waals surface area contributed by atoms with Crippen molar-refractivity contribution < 1.29 is 18.5 Å². The molecule has 0 bridgehead atoms. The highest BCUT2D eigenvalue weighted by Crippen LogP contribution is 2.10. The van der Waals surface area contributed by atoms with Gasteiger partial charge in [-0.25, -0.2) is 0 Å². The summed E-state index contributed by atoms with van der Waals surface area (Å²) >= 11 is 0. The van der Waals surface area contributed by atoms with Crippen LogP contribution >= 0.6 is 0 Å². The molecule has 1 rings (SSSR count). The first-order valence-corrected chi connectivity index (χ1v) is 8.23. The van der Waals surface area contributed by atoms with Gasteiger partial charge in [0.15, 0.2) is 0 Å². The summed E-state index contributed by atoms with van der Waals surface area (Å²) < 4.78 is 16.8. The van der Waals surface area contributed by atoms with Crippen LogP contribution in [0.2, 0.25) is 0 Å². The summed E-state index contributed by atoms with van der Waals surface area (Å²) in [5.41, 5.74) is 0. The molecule has 0 spiro atoms. The van der Waals surface area contributed by atoms with Gasteiger partial charge in [0, 0.05) is 29.1 Å². The first-order valence-electron chi connectivity index (χ1n) is 6.85. The van der Waals surface area contributed by atoms with Gasteiger partial charge in [0.2, 0.25) is 5.91 Å². The molecule has 2 unspecified atom stereocenters. The Labute approximate surface area is 117 Å². The van der Waals surface area contributed by atoms with Gasteiger partial charge in [0.1, 0.15) is 5.75 Å². The van der Waals surface area contributed by atoms with E-state index >= 15 is 0 Å². The van der Waals surface area contributed by atoms with E-state index in [0.717, 1.165) is 32.4 Å². The Balaban J connectivity index is 2.36. The topological polar surface area (TPSA) is 63.7 Å². The average Bonchev–Trinajstić information content (AvgIpc) is 2.39. The number of nitrogens with zero attached hydrogens (tertiary/aromatic N) is 1. The van der Waals surface area contributed by atoms with Crippen LogP contribution in [-0.4, -0.2) is 51.7 Å². The van der Waals surface area contributed by atoms with Crippen LogP contribution < -0.4 is 0 Å². The Morgan fingerprint density at radius 2 is 1.89 bits per heavy atom. The van der Waals surface area contributed by atoms with Crippen molar-refractivity contribution in [3.05, 3.63) is 0 Å². The minimum atomic E-state index is -1.31. The van der Waals surface area contributed by atoms with Crippen LogP contribution in [0.4, 0.5) is 0 Å². The summed E-state index contributed by atoms with van der Waals surface area (Å²) in [5, 5.41) is -0.340. The molecular formula is C13H23NO4S. The van der Waals surface area contributed by atoms with Gasteiger partial charge in [-0.15, -0.1) is 0 Å². The molecular weight excluding hydrogens is 266 g/mol. The number of ether oxygens (including phenoxy) is 1. The number of piperidine rings is 1. The maximum Gasteiger partial charge on any atom is 0.306 e. The van der Waals surface area contributed by atoms with Gasteiger partial charge in [0.25, 0.3) is 0 Å². The molecule has 110 valence electrons. The lowest BCUT2D eigenvalue weighted by Gasteiger charge is -2.26. The van der Waals surface area contributed by atoms with Gasteiger partial charge < -0.3 is 9.64 Å². The minimum Gasteiger partial charge on any atom is -0.466 e. The molecule has 0 aromatic carbocycles. The zero-order valence-corrected chi connectivity index (χ0v) is 12.5. The number of hydrogen-bond donors (Lipinski definition) is 0. The van der Waals surface area contributed by atoms with Crippen molar-refractivity contribution in [1.82, 2.24) is 4.90 Å². The van der Waals surface area contributed by atoms with Crippen molar-refractivity contribution in [2.45, 2.75) is 44.8 Å². The Morgan fingerprint density at radius 1 is 1.26 bits per heavy atom. The number of amides is 1. The minimum absolute atomic E-state index is 0.0145. The van der Waals surface area contributed by atoms with E-state index in [1.54, 1.807) is 18.7 Å². The van der Waals surface area contributed by atoms with Crippen LogP contribution in [0, 0.1) is 0 Å². The van der Waals surface area contributed by atoms with Crippen LogP contribution in [0.1, 0.15) is 39.5 Å². The van der Waals surface area contributed by atoms with Gasteiger partial charge in [-0.3, -0.25) is 13.8 Å². The lowest BCUT2D eigenvalue weighted by Crippen LogP contribution is -2.39. The van der Waals surface area contributed by atoms with Crippen LogP contribution in [-0.2, 0) is 25.1 Å². The smallest absolute Gasteiger partial charge is 0.306 e. The molecule has 0 saturated carbocycles. The van der Waals surface area contributed by atoms with Gasteiger partial charge in [-0.2, -0.15) is 0 Å². The van der Waals surface area contributed by atoms with E-state index in [1.807, 2.05) is 0 Å². The van der Waals surface area contributed by atoms with Crippen molar-refractivity contribution in [1.29, 1.82) is 0 Å². The third-order valence-electron chi connectivity index (χ3n) is 3.18. The summed E-state index contributed by atoms with van der Waals surface area (Å²) in [6.45, 7) is 5.31. The molecule has 1 saturated heterocycles. The van der Waals surface area contributed by atoms with E-state index in [0.29, 0.717) is 6.61 Å². The molecule has 0 aliphatic carbocycles. The molecule has 6 heteroatoms. The lowest BCUT2D eigenvalue weighted by molar-refractivity contribution is -0.143. The van der Waals surface area contributed by atoms with E-state index < -0.39 is 10.8 Å². The van der Waals surface area contributed by atoms with E-state index in [4.69, 9.17) is 4.74 Å². The number of likely N-dealkylation sites (tertiary alicyclic amines) is 1. The molecule has 1 aliphatic heterocycles. The van der Waals surface area contributed by atoms with Gasteiger partial charge >= 0.3 is 5.97 Å². The fraction of sp³-hybridized carbons (Fsp3) is 0.846. The van der Waals surface area contributed by atoms with Crippen molar-refractivity contribution in [2.75, 3.05) is 25.4 Å². The van der Waals surface area contributed by atoms with E-state index in [-0.39, 0.29) is 29.3 Å². The predicted molar refractivity (Wildman–Crippen MR) is 74.2 cm³/mol. The molecule has 1 amide bonds. The average molecular weight is 289 g/mol.